The van der Waals surface area contributed by atoms with E-state index in [1.54, 1.807) is 31.2 Å². The van der Waals surface area contributed by atoms with Crippen molar-refractivity contribution in [3.8, 4) is 5.75 Å². The lowest BCUT2D eigenvalue weighted by Gasteiger charge is -2.36. The van der Waals surface area contributed by atoms with Gasteiger partial charge in [-0.1, -0.05) is 12.1 Å². The third kappa shape index (κ3) is 4.12. The van der Waals surface area contributed by atoms with Gasteiger partial charge in [0.05, 0.1) is 23.6 Å². The van der Waals surface area contributed by atoms with E-state index in [9.17, 15) is 26.7 Å². The summed E-state index contributed by atoms with van der Waals surface area (Å²) in [4.78, 5) is -0.233. The summed E-state index contributed by atoms with van der Waals surface area (Å²) < 4.78 is 70.8. The van der Waals surface area contributed by atoms with E-state index in [0.717, 1.165) is 24.3 Å². The van der Waals surface area contributed by atoms with Gasteiger partial charge in [0, 0.05) is 6.54 Å². The molecular formula is C20H22F3NO4S. The molecule has 1 aliphatic heterocycles. The van der Waals surface area contributed by atoms with E-state index in [1.807, 2.05) is 0 Å². The Labute approximate surface area is 167 Å². The first-order chi connectivity index (χ1) is 13.5. The summed E-state index contributed by atoms with van der Waals surface area (Å²) >= 11 is 0. The van der Waals surface area contributed by atoms with Crippen LogP contribution in [0.25, 0.3) is 0 Å². The quantitative estimate of drug-likeness (QED) is 0.786. The maximum absolute atomic E-state index is 13.1. The molecule has 0 bridgehead atoms. The number of methoxy groups -OCH3 is 1. The van der Waals surface area contributed by atoms with Crippen LogP contribution in [-0.4, -0.2) is 37.5 Å². The van der Waals surface area contributed by atoms with E-state index in [-0.39, 0.29) is 11.4 Å². The molecule has 5 nitrogen and oxygen atoms in total. The molecule has 0 aromatic heterocycles. The maximum Gasteiger partial charge on any atom is 0.416 e. The van der Waals surface area contributed by atoms with Crippen LogP contribution in [0.1, 0.15) is 30.9 Å². The highest BCUT2D eigenvalue weighted by Gasteiger charge is 2.46. The molecule has 1 saturated heterocycles. The monoisotopic (exact) mass is 429 g/mol. The third-order valence-corrected chi connectivity index (χ3v) is 7.24. The highest BCUT2D eigenvalue weighted by molar-refractivity contribution is 7.89. The summed E-state index contributed by atoms with van der Waals surface area (Å²) in [6, 6.07) is 9.34. The minimum Gasteiger partial charge on any atom is -0.497 e. The molecule has 0 amide bonds. The van der Waals surface area contributed by atoms with Crippen LogP contribution in [0, 0.1) is 0 Å². The topological polar surface area (TPSA) is 66.8 Å². The second-order valence-electron chi connectivity index (χ2n) is 7.17. The number of ether oxygens (including phenoxy) is 1. The normalized spacial score (nSPS) is 20.4. The Morgan fingerprint density at radius 1 is 1.03 bits per heavy atom. The molecule has 1 fully saturated rings. The average Bonchev–Trinajstić information content (AvgIpc) is 3.19. The van der Waals surface area contributed by atoms with Gasteiger partial charge in [-0.05, 0) is 61.7 Å². The van der Waals surface area contributed by atoms with Crippen molar-refractivity contribution >= 4 is 10.0 Å². The average molecular weight is 429 g/mol. The Hall–Kier alpha value is -2.10. The lowest BCUT2D eigenvalue weighted by atomic mass is 9.87. The standard InChI is InChI=1S/C20H22F3NO4S/c1-19(25,14-5-9-16(28-2)10-6-14)18-4-3-13-24(18)29(26,27)17-11-7-15(8-12-17)20(21,22)23/h5-12,18,25H,3-4,13H2,1-2H3/t18-,19-/m0/s1. The van der Waals surface area contributed by atoms with Crippen molar-refractivity contribution in [2.75, 3.05) is 13.7 Å². The Morgan fingerprint density at radius 2 is 1.59 bits per heavy atom. The number of sulfonamides is 1. The highest BCUT2D eigenvalue weighted by Crippen LogP contribution is 2.38. The Balaban J connectivity index is 1.92. The first-order valence-electron chi connectivity index (χ1n) is 9.04. The molecule has 1 heterocycles. The predicted molar refractivity (Wildman–Crippen MR) is 101 cm³/mol. The van der Waals surface area contributed by atoms with Gasteiger partial charge in [-0.3, -0.25) is 0 Å². The molecule has 0 radical (unpaired) electrons. The molecule has 2 atom stereocenters. The molecule has 1 N–H and O–H groups in total. The van der Waals surface area contributed by atoms with Crippen LogP contribution in [0.5, 0.6) is 5.75 Å². The Bertz CT molecular complexity index is 955. The first kappa shape index (κ1) is 21.6. The van der Waals surface area contributed by atoms with Crippen LogP contribution in [0.4, 0.5) is 13.2 Å². The minimum absolute atomic E-state index is 0.181. The van der Waals surface area contributed by atoms with Gasteiger partial charge in [0.15, 0.2) is 0 Å². The summed E-state index contributed by atoms with van der Waals surface area (Å²) in [5, 5.41) is 11.2. The van der Waals surface area contributed by atoms with E-state index < -0.39 is 33.4 Å². The largest absolute Gasteiger partial charge is 0.497 e. The molecule has 2 aromatic rings. The van der Waals surface area contributed by atoms with Crippen molar-refractivity contribution in [1.29, 1.82) is 0 Å². The van der Waals surface area contributed by atoms with Gasteiger partial charge in [0.25, 0.3) is 0 Å². The number of aliphatic hydroxyl groups is 1. The second kappa shape index (κ2) is 7.62. The summed E-state index contributed by atoms with van der Waals surface area (Å²) in [6.45, 7) is 1.72. The molecule has 0 aliphatic carbocycles. The van der Waals surface area contributed by atoms with Crippen LogP contribution in [-0.2, 0) is 21.8 Å². The predicted octanol–water partition coefficient (Wildman–Crippen LogP) is 3.77. The lowest BCUT2D eigenvalue weighted by Crippen LogP contribution is -2.48. The number of nitrogens with zero attached hydrogens (tertiary/aromatic N) is 1. The summed E-state index contributed by atoms with van der Waals surface area (Å²) in [6.07, 6.45) is -3.58. The lowest BCUT2D eigenvalue weighted by molar-refractivity contribution is -0.137. The number of benzene rings is 2. The fraction of sp³-hybridized carbons (Fsp3) is 0.400. The zero-order valence-corrected chi connectivity index (χ0v) is 16.8. The molecule has 29 heavy (non-hydrogen) atoms. The van der Waals surface area contributed by atoms with E-state index in [2.05, 4.69) is 0 Å². The van der Waals surface area contributed by atoms with Crippen LogP contribution in [0.3, 0.4) is 0 Å². The van der Waals surface area contributed by atoms with Crippen molar-refractivity contribution in [2.24, 2.45) is 0 Å². The number of halogens is 3. The number of hydrogen-bond acceptors (Lipinski definition) is 4. The van der Waals surface area contributed by atoms with E-state index in [4.69, 9.17) is 4.74 Å². The Morgan fingerprint density at radius 3 is 2.10 bits per heavy atom. The summed E-state index contributed by atoms with van der Waals surface area (Å²) in [5.74, 6) is 0.602. The van der Waals surface area contributed by atoms with Crippen LogP contribution >= 0.6 is 0 Å². The van der Waals surface area contributed by atoms with Crippen LogP contribution in [0.2, 0.25) is 0 Å². The third-order valence-electron chi connectivity index (χ3n) is 5.32. The van der Waals surface area contributed by atoms with Gasteiger partial charge in [0.1, 0.15) is 11.4 Å². The zero-order valence-electron chi connectivity index (χ0n) is 16.0. The minimum atomic E-state index is -4.55. The molecule has 3 rings (SSSR count). The molecule has 0 spiro atoms. The van der Waals surface area contributed by atoms with Gasteiger partial charge in [-0.15, -0.1) is 0 Å². The van der Waals surface area contributed by atoms with Gasteiger partial charge >= 0.3 is 6.18 Å². The first-order valence-corrected chi connectivity index (χ1v) is 10.5. The SMILES string of the molecule is COc1ccc([C@](C)(O)[C@@H]2CCCN2S(=O)(=O)c2ccc(C(F)(F)F)cc2)cc1. The van der Waals surface area contributed by atoms with Crippen molar-refractivity contribution < 1.29 is 31.4 Å². The summed E-state index contributed by atoms with van der Waals surface area (Å²) in [7, 11) is -2.56. The smallest absolute Gasteiger partial charge is 0.416 e. The Kier molecular flexibility index (Phi) is 5.68. The molecule has 158 valence electrons. The number of alkyl halides is 3. The molecule has 0 saturated carbocycles. The van der Waals surface area contributed by atoms with Crippen molar-refractivity contribution in [2.45, 2.75) is 42.5 Å². The molecule has 1 aliphatic rings. The van der Waals surface area contributed by atoms with Crippen LogP contribution < -0.4 is 4.74 Å². The van der Waals surface area contributed by atoms with Gasteiger partial charge in [-0.2, -0.15) is 17.5 Å². The fourth-order valence-electron chi connectivity index (χ4n) is 3.66. The zero-order chi connectivity index (χ0) is 21.4. The van der Waals surface area contributed by atoms with E-state index in [0.29, 0.717) is 24.2 Å². The van der Waals surface area contributed by atoms with Gasteiger partial charge < -0.3 is 9.84 Å². The van der Waals surface area contributed by atoms with Crippen molar-refractivity contribution in [1.82, 2.24) is 4.31 Å². The number of rotatable bonds is 5. The molecule has 2 aromatic carbocycles. The molecule has 9 heteroatoms. The second-order valence-corrected chi connectivity index (χ2v) is 9.06. The summed E-state index contributed by atoms with van der Waals surface area (Å²) in [5.41, 5.74) is -1.88. The number of hydrogen-bond donors (Lipinski definition) is 1. The van der Waals surface area contributed by atoms with Crippen molar-refractivity contribution in [3.05, 3.63) is 59.7 Å². The van der Waals surface area contributed by atoms with Gasteiger partial charge in [0.2, 0.25) is 10.0 Å². The van der Waals surface area contributed by atoms with E-state index >= 15 is 0 Å². The molecule has 0 unspecified atom stereocenters. The fourth-order valence-corrected chi connectivity index (χ4v) is 5.43. The van der Waals surface area contributed by atoms with Crippen molar-refractivity contribution in [3.63, 3.8) is 0 Å². The molecular weight excluding hydrogens is 407 g/mol. The van der Waals surface area contributed by atoms with Crippen LogP contribution in [0.15, 0.2) is 53.4 Å². The maximum atomic E-state index is 13.1. The van der Waals surface area contributed by atoms with Gasteiger partial charge in [-0.25, -0.2) is 8.42 Å². The highest BCUT2D eigenvalue weighted by atomic mass is 32.2. The van der Waals surface area contributed by atoms with E-state index in [1.165, 1.54) is 11.4 Å².